The number of benzene rings is 1. The number of carbonyl (C=O) groups is 1. The molecule has 1 aromatic heterocycles. The Balaban J connectivity index is 2.28. The van der Waals surface area contributed by atoms with Crippen molar-refractivity contribution >= 4 is 16.9 Å². The summed E-state index contributed by atoms with van der Waals surface area (Å²) in [5, 5.41) is 9.92. The van der Waals surface area contributed by atoms with Crippen molar-refractivity contribution in [2.24, 2.45) is 0 Å². The Morgan fingerprint density at radius 1 is 1.47 bits per heavy atom. The number of carboxylic acid groups (broad SMARTS) is 1. The highest BCUT2D eigenvalue weighted by Crippen LogP contribution is 2.29. The van der Waals surface area contributed by atoms with Gasteiger partial charge in [0.05, 0.1) is 0 Å². The molecule has 1 atom stereocenters. The number of nitrogens with one attached hydrogen (secondary N) is 1. The lowest BCUT2D eigenvalue weighted by atomic mass is 9.95. The average molecular weight is 231 g/mol. The van der Waals surface area contributed by atoms with Gasteiger partial charge in [0, 0.05) is 23.5 Å². The molecule has 17 heavy (non-hydrogen) atoms. The second-order valence-electron chi connectivity index (χ2n) is 4.63. The maximum absolute atomic E-state index is 10.6. The minimum absolute atomic E-state index is 0.222. The van der Waals surface area contributed by atoms with Crippen LogP contribution in [0.3, 0.4) is 0 Å². The molecule has 0 saturated heterocycles. The first kappa shape index (κ1) is 11.7. The molecular weight excluding hydrogens is 214 g/mol. The van der Waals surface area contributed by atoms with Gasteiger partial charge in [0.25, 0.3) is 0 Å². The Kier molecular flexibility index (Phi) is 3.18. The topological polar surface area (TPSA) is 53.1 Å². The lowest BCUT2D eigenvalue weighted by Crippen LogP contribution is -1.99. The van der Waals surface area contributed by atoms with Crippen LogP contribution >= 0.6 is 0 Å². The van der Waals surface area contributed by atoms with Crippen LogP contribution in [-0.4, -0.2) is 16.1 Å². The molecule has 3 nitrogen and oxygen atoms in total. The molecule has 1 heterocycles. The Morgan fingerprint density at radius 3 is 2.94 bits per heavy atom. The number of fused-ring (bicyclic) bond motifs is 1. The molecule has 0 spiro atoms. The number of hydrogen-bond donors (Lipinski definition) is 2. The molecule has 90 valence electrons. The SMILES string of the molecule is Cc1ccc2[nH]cc(C(C)CCC(=O)O)c2c1. The molecule has 0 radical (unpaired) electrons. The van der Waals surface area contributed by atoms with E-state index < -0.39 is 5.97 Å². The summed E-state index contributed by atoms with van der Waals surface area (Å²) in [7, 11) is 0. The van der Waals surface area contributed by atoms with Crippen LogP contribution in [0.25, 0.3) is 10.9 Å². The third-order valence-electron chi connectivity index (χ3n) is 3.19. The first-order valence-corrected chi connectivity index (χ1v) is 5.87. The summed E-state index contributed by atoms with van der Waals surface area (Å²) in [5.74, 6) is -0.463. The van der Waals surface area contributed by atoms with Gasteiger partial charge in [-0.25, -0.2) is 0 Å². The van der Waals surface area contributed by atoms with E-state index in [9.17, 15) is 4.79 Å². The van der Waals surface area contributed by atoms with E-state index >= 15 is 0 Å². The van der Waals surface area contributed by atoms with Crippen molar-refractivity contribution in [2.75, 3.05) is 0 Å². The number of aromatic amines is 1. The fourth-order valence-corrected chi connectivity index (χ4v) is 2.16. The van der Waals surface area contributed by atoms with Gasteiger partial charge in [-0.15, -0.1) is 0 Å². The zero-order valence-corrected chi connectivity index (χ0v) is 10.2. The number of aliphatic carboxylic acids is 1. The Labute approximate surface area is 100 Å². The number of aryl methyl sites for hydroxylation is 1. The van der Waals surface area contributed by atoms with Gasteiger partial charge in [0.2, 0.25) is 0 Å². The van der Waals surface area contributed by atoms with Crippen LogP contribution in [0.2, 0.25) is 0 Å². The molecule has 0 bridgehead atoms. The van der Waals surface area contributed by atoms with Crippen LogP contribution in [0.15, 0.2) is 24.4 Å². The number of carboxylic acids is 1. The molecule has 0 amide bonds. The Bertz CT molecular complexity index is 542. The molecule has 2 aromatic rings. The number of aromatic nitrogens is 1. The van der Waals surface area contributed by atoms with Crippen molar-refractivity contribution in [3.8, 4) is 0 Å². The highest BCUT2D eigenvalue weighted by atomic mass is 16.4. The fourth-order valence-electron chi connectivity index (χ4n) is 2.16. The number of H-pyrrole nitrogens is 1. The predicted octanol–water partition coefficient (Wildman–Crippen LogP) is 3.44. The van der Waals surface area contributed by atoms with Gasteiger partial charge in [-0.1, -0.05) is 18.6 Å². The quantitative estimate of drug-likeness (QED) is 0.846. The van der Waals surface area contributed by atoms with Gasteiger partial charge < -0.3 is 10.1 Å². The van der Waals surface area contributed by atoms with Gasteiger partial charge in [-0.2, -0.15) is 0 Å². The highest BCUT2D eigenvalue weighted by molar-refractivity contribution is 5.84. The van der Waals surface area contributed by atoms with Gasteiger partial charge in [-0.05, 0) is 37.0 Å². The standard InChI is InChI=1S/C14H17NO2/c1-9-3-5-13-11(7-9)12(8-15-13)10(2)4-6-14(16)17/h3,5,7-8,10,15H,4,6H2,1-2H3,(H,16,17). The van der Waals surface area contributed by atoms with Gasteiger partial charge in [0.15, 0.2) is 0 Å². The van der Waals surface area contributed by atoms with Crippen molar-refractivity contribution in [3.05, 3.63) is 35.5 Å². The van der Waals surface area contributed by atoms with E-state index in [2.05, 4.69) is 37.0 Å². The summed E-state index contributed by atoms with van der Waals surface area (Å²) in [5.41, 5.74) is 3.56. The molecule has 0 aliphatic heterocycles. The molecule has 2 rings (SSSR count). The number of hydrogen-bond acceptors (Lipinski definition) is 1. The van der Waals surface area contributed by atoms with Crippen LogP contribution in [0.1, 0.15) is 36.8 Å². The van der Waals surface area contributed by atoms with E-state index in [4.69, 9.17) is 5.11 Å². The van der Waals surface area contributed by atoms with E-state index in [1.807, 2.05) is 6.20 Å². The van der Waals surface area contributed by atoms with Gasteiger partial charge in [0.1, 0.15) is 0 Å². The minimum Gasteiger partial charge on any atom is -0.481 e. The van der Waals surface area contributed by atoms with E-state index in [-0.39, 0.29) is 12.3 Å². The first-order valence-electron chi connectivity index (χ1n) is 5.87. The predicted molar refractivity (Wildman–Crippen MR) is 68.3 cm³/mol. The summed E-state index contributed by atoms with van der Waals surface area (Å²) in [6, 6.07) is 6.29. The van der Waals surface area contributed by atoms with Crippen molar-refractivity contribution in [1.82, 2.24) is 4.98 Å². The Morgan fingerprint density at radius 2 is 2.24 bits per heavy atom. The molecule has 0 fully saturated rings. The monoisotopic (exact) mass is 231 g/mol. The maximum Gasteiger partial charge on any atom is 0.303 e. The highest BCUT2D eigenvalue weighted by Gasteiger charge is 2.12. The molecule has 0 saturated carbocycles. The molecule has 3 heteroatoms. The van der Waals surface area contributed by atoms with Crippen molar-refractivity contribution < 1.29 is 9.90 Å². The molecule has 1 aromatic carbocycles. The average Bonchev–Trinajstić information content (AvgIpc) is 2.68. The second kappa shape index (κ2) is 4.62. The van der Waals surface area contributed by atoms with E-state index in [1.54, 1.807) is 0 Å². The summed E-state index contributed by atoms with van der Waals surface area (Å²) >= 11 is 0. The van der Waals surface area contributed by atoms with Gasteiger partial charge in [-0.3, -0.25) is 4.79 Å². The van der Waals surface area contributed by atoms with E-state index in [0.29, 0.717) is 6.42 Å². The third kappa shape index (κ3) is 2.49. The third-order valence-corrected chi connectivity index (χ3v) is 3.19. The fraction of sp³-hybridized carbons (Fsp3) is 0.357. The van der Waals surface area contributed by atoms with E-state index in [0.717, 1.165) is 5.52 Å². The summed E-state index contributed by atoms with van der Waals surface area (Å²) in [6.45, 7) is 4.14. The lowest BCUT2D eigenvalue weighted by Gasteiger charge is -2.09. The van der Waals surface area contributed by atoms with Crippen molar-refractivity contribution in [1.29, 1.82) is 0 Å². The van der Waals surface area contributed by atoms with Crippen LogP contribution in [0.4, 0.5) is 0 Å². The van der Waals surface area contributed by atoms with Crippen molar-refractivity contribution in [3.63, 3.8) is 0 Å². The zero-order chi connectivity index (χ0) is 12.4. The summed E-state index contributed by atoms with van der Waals surface area (Å²) in [6.07, 6.45) is 2.90. The lowest BCUT2D eigenvalue weighted by molar-refractivity contribution is -0.137. The smallest absolute Gasteiger partial charge is 0.303 e. The minimum atomic E-state index is -0.729. The van der Waals surface area contributed by atoms with Crippen LogP contribution in [0, 0.1) is 6.92 Å². The van der Waals surface area contributed by atoms with Crippen LogP contribution in [-0.2, 0) is 4.79 Å². The largest absolute Gasteiger partial charge is 0.481 e. The van der Waals surface area contributed by atoms with Crippen LogP contribution < -0.4 is 0 Å². The molecular formula is C14H17NO2. The molecule has 1 unspecified atom stereocenters. The molecule has 0 aliphatic rings. The second-order valence-corrected chi connectivity index (χ2v) is 4.63. The number of rotatable bonds is 4. The summed E-state index contributed by atoms with van der Waals surface area (Å²) in [4.78, 5) is 13.8. The molecule has 2 N–H and O–H groups in total. The summed E-state index contributed by atoms with van der Waals surface area (Å²) < 4.78 is 0. The van der Waals surface area contributed by atoms with Crippen molar-refractivity contribution in [2.45, 2.75) is 32.6 Å². The Hall–Kier alpha value is -1.77. The maximum atomic E-state index is 10.6. The van der Waals surface area contributed by atoms with E-state index in [1.165, 1.54) is 16.5 Å². The first-order chi connectivity index (χ1) is 8.08. The normalized spacial score (nSPS) is 12.8. The zero-order valence-electron chi connectivity index (χ0n) is 10.2. The molecule has 0 aliphatic carbocycles. The van der Waals surface area contributed by atoms with Crippen LogP contribution in [0.5, 0.6) is 0 Å². The van der Waals surface area contributed by atoms with Gasteiger partial charge >= 0.3 is 5.97 Å².